The zero-order chi connectivity index (χ0) is 10.5. The fourth-order valence-electron chi connectivity index (χ4n) is 0.946. The molecular weight excluding hydrogens is 172 g/mol. The van der Waals surface area contributed by atoms with Crippen LogP contribution in [-0.4, -0.2) is 30.1 Å². The van der Waals surface area contributed by atoms with E-state index in [2.05, 4.69) is 4.74 Å². The van der Waals surface area contributed by atoms with Crippen LogP contribution in [-0.2, 0) is 14.3 Å². The SMILES string of the molecule is CC[C@H](CC(=O)OC)OC(C)(C)O. The molecule has 0 fully saturated rings. The Balaban J connectivity index is 3.97. The highest BCUT2D eigenvalue weighted by molar-refractivity contribution is 5.69. The van der Waals surface area contributed by atoms with Crippen LogP contribution in [0.1, 0.15) is 33.6 Å². The Kier molecular flexibility index (Phi) is 4.95. The van der Waals surface area contributed by atoms with E-state index in [1.807, 2.05) is 6.92 Å². The van der Waals surface area contributed by atoms with E-state index in [4.69, 9.17) is 4.74 Å². The Morgan fingerprint density at radius 2 is 2.08 bits per heavy atom. The second kappa shape index (κ2) is 5.19. The maximum absolute atomic E-state index is 10.9. The van der Waals surface area contributed by atoms with Crippen molar-refractivity contribution in [3.63, 3.8) is 0 Å². The summed E-state index contributed by atoms with van der Waals surface area (Å²) < 4.78 is 9.71. The normalized spacial score (nSPS) is 13.9. The first kappa shape index (κ1) is 12.4. The molecule has 78 valence electrons. The fourth-order valence-corrected chi connectivity index (χ4v) is 0.946. The second-order valence-electron chi connectivity index (χ2n) is 3.38. The van der Waals surface area contributed by atoms with Crippen LogP contribution in [0.2, 0.25) is 0 Å². The summed E-state index contributed by atoms with van der Waals surface area (Å²) >= 11 is 0. The monoisotopic (exact) mass is 190 g/mol. The van der Waals surface area contributed by atoms with Gasteiger partial charge in [-0.1, -0.05) is 6.92 Å². The van der Waals surface area contributed by atoms with Crippen LogP contribution >= 0.6 is 0 Å². The molecule has 0 aliphatic carbocycles. The van der Waals surface area contributed by atoms with Gasteiger partial charge in [-0.15, -0.1) is 0 Å². The number of ether oxygens (including phenoxy) is 2. The molecule has 4 nitrogen and oxygen atoms in total. The molecule has 13 heavy (non-hydrogen) atoms. The molecule has 0 saturated heterocycles. The third-order valence-corrected chi connectivity index (χ3v) is 1.53. The van der Waals surface area contributed by atoms with Gasteiger partial charge in [0, 0.05) is 0 Å². The number of esters is 1. The van der Waals surface area contributed by atoms with Gasteiger partial charge in [-0.05, 0) is 20.3 Å². The average Bonchev–Trinajstić information content (AvgIpc) is 2.00. The zero-order valence-corrected chi connectivity index (χ0v) is 8.66. The first-order chi connectivity index (χ1) is 5.89. The van der Waals surface area contributed by atoms with Gasteiger partial charge in [0.2, 0.25) is 0 Å². The van der Waals surface area contributed by atoms with Gasteiger partial charge >= 0.3 is 5.97 Å². The Labute approximate surface area is 78.8 Å². The van der Waals surface area contributed by atoms with Crippen molar-refractivity contribution in [2.75, 3.05) is 7.11 Å². The number of rotatable bonds is 5. The Bertz CT molecular complexity index is 159. The summed E-state index contributed by atoms with van der Waals surface area (Å²) in [7, 11) is 1.33. The highest BCUT2D eigenvalue weighted by atomic mass is 16.6. The zero-order valence-electron chi connectivity index (χ0n) is 8.66. The lowest BCUT2D eigenvalue weighted by atomic mass is 10.2. The van der Waals surface area contributed by atoms with Crippen LogP contribution in [0.4, 0.5) is 0 Å². The summed E-state index contributed by atoms with van der Waals surface area (Å²) in [4.78, 5) is 10.9. The van der Waals surface area contributed by atoms with Crippen molar-refractivity contribution in [1.82, 2.24) is 0 Å². The molecule has 0 bridgehead atoms. The smallest absolute Gasteiger partial charge is 0.308 e. The third kappa shape index (κ3) is 6.54. The summed E-state index contributed by atoms with van der Waals surface area (Å²) in [5.41, 5.74) is 0. The standard InChI is InChI=1S/C9H18O4/c1-5-7(6-8(10)12-4)13-9(2,3)11/h7,11H,5-6H2,1-4H3/t7-/m1/s1. The minimum absolute atomic E-state index is 0.178. The molecule has 0 aliphatic heterocycles. The number of hydrogen-bond acceptors (Lipinski definition) is 4. The van der Waals surface area contributed by atoms with Crippen molar-refractivity contribution in [3.05, 3.63) is 0 Å². The summed E-state index contributed by atoms with van der Waals surface area (Å²) in [5.74, 6) is -1.52. The highest BCUT2D eigenvalue weighted by Gasteiger charge is 2.21. The van der Waals surface area contributed by atoms with Crippen molar-refractivity contribution in [2.24, 2.45) is 0 Å². The Morgan fingerprint density at radius 1 is 1.54 bits per heavy atom. The molecule has 0 unspecified atom stereocenters. The van der Waals surface area contributed by atoms with Gasteiger partial charge in [0.05, 0.1) is 19.6 Å². The number of carbonyl (C=O) groups is 1. The number of carbonyl (C=O) groups excluding carboxylic acids is 1. The van der Waals surface area contributed by atoms with Gasteiger partial charge in [-0.3, -0.25) is 4.79 Å². The van der Waals surface area contributed by atoms with Crippen molar-refractivity contribution in [3.8, 4) is 0 Å². The van der Waals surface area contributed by atoms with E-state index in [0.29, 0.717) is 6.42 Å². The summed E-state index contributed by atoms with van der Waals surface area (Å²) in [5, 5.41) is 9.33. The van der Waals surface area contributed by atoms with E-state index < -0.39 is 5.79 Å². The maximum atomic E-state index is 10.9. The molecule has 0 aliphatic rings. The number of hydrogen-bond donors (Lipinski definition) is 1. The van der Waals surface area contributed by atoms with E-state index in [-0.39, 0.29) is 18.5 Å². The number of methoxy groups -OCH3 is 1. The summed E-state index contributed by atoms with van der Waals surface area (Å²) in [6.45, 7) is 4.96. The van der Waals surface area contributed by atoms with Crippen LogP contribution in [0.3, 0.4) is 0 Å². The Hall–Kier alpha value is -0.610. The van der Waals surface area contributed by atoms with E-state index in [1.165, 1.54) is 21.0 Å². The predicted octanol–water partition coefficient (Wildman–Crippen LogP) is 1.07. The van der Waals surface area contributed by atoms with Gasteiger partial charge in [-0.25, -0.2) is 0 Å². The molecule has 0 aromatic rings. The van der Waals surface area contributed by atoms with Crippen molar-refractivity contribution >= 4 is 5.97 Å². The minimum atomic E-state index is -1.20. The molecule has 1 N–H and O–H groups in total. The number of aliphatic hydroxyl groups is 1. The highest BCUT2D eigenvalue weighted by Crippen LogP contribution is 2.13. The van der Waals surface area contributed by atoms with E-state index >= 15 is 0 Å². The molecule has 4 heteroatoms. The van der Waals surface area contributed by atoms with Crippen molar-refractivity contribution < 1.29 is 19.4 Å². The van der Waals surface area contributed by atoms with Crippen LogP contribution in [0, 0.1) is 0 Å². The van der Waals surface area contributed by atoms with Crippen LogP contribution < -0.4 is 0 Å². The minimum Gasteiger partial charge on any atom is -0.469 e. The van der Waals surface area contributed by atoms with Crippen LogP contribution in [0.15, 0.2) is 0 Å². The van der Waals surface area contributed by atoms with Gasteiger partial charge in [0.1, 0.15) is 0 Å². The molecule has 0 saturated carbocycles. The lowest BCUT2D eigenvalue weighted by molar-refractivity contribution is -0.209. The molecule has 1 atom stereocenters. The average molecular weight is 190 g/mol. The lowest BCUT2D eigenvalue weighted by Crippen LogP contribution is -2.31. The summed E-state index contributed by atoms with van der Waals surface area (Å²) in [6.07, 6.45) is 0.559. The topological polar surface area (TPSA) is 55.8 Å². The van der Waals surface area contributed by atoms with E-state index in [1.54, 1.807) is 0 Å². The molecule has 0 spiro atoms. The first-order valence-electron chi connectivity index (χ1n) is 4.36. The Morgan fingerprint density at radius 3 is 2.38 bits per heavy atom. The molecule has 0 amide bonds. The predicted molar refractivity (Wildman–Crippen MR) is 48.1 cm³/mol. The van der Waals surface area contributed by atoms with E-state index in [9.17, 15) is 9.90 Å². The lowest BCUT2D eigenvalue weighted by Gasteiger charge is -2.24. The summed E-state index contributed by atoms with van der Waals surface area (Å²) in [6, 6.07) is 0. The van der Waals surface area contributed by atoms with Crippen molar-refractivity contribution in [2.45, 2.75) is 45.5 Å². The third-order valence-electron chi connectivity index (χ3n) is 1.53. The van der Waals surface area contributed by atoms with Gasteiger partial charge in [-0.2, -0.15) is 0 Å². The second-order valence-corrected chi connectivity index (χ2v) is 3.38. The largest absolute Gasteiger partial charge is 0.469 e. The van der Waals surface area contributed by atoms with Crippen LogP contribution in [0.25, 0.3) is 0 Å². The molecule has 0 radical (unpaired) electrons. The van der Waals surface area contributed by atoms with Gasteiger partial charge < -0.3 is 14.6 Å². The van der Waals surface area contributed by atoms with Crippen molar-refractivity contribution in [1.29, 1.82) is 0 Å². The van der Waals surface area contributed by atoms with Crippen LogP contribution in [0.5, 0.6) is 0 Å². The fraction of sp³-hybridized carbons (Fsp3) is 0.889. The van der Waals surface area contributed by atoms with Gasteiger partial charge in [0.15, 0.2) is 5.79 Å². The molecule has 0 aromatic heterocycles. The molecular formula is C9H18O4. The first-order valence-corrected chi connectivity index (χ1v) is 4.36. The van der Waals surface area contributed by atoms with E-state index in [0.717, 1.165) is 0 Å². The quantitative estimate of drug-likeness (QED) is 0.520. The molecule has 0 rings (SSSR count). The molecule has 0 aromatic carbocycles. The van der Waals surface area contributed by atoms with Gasteiger partial charge in [0.25, 0.3) is 0 Å². The molecule has 0 heterocycles. The maximum Gasteiger partial charge on any atom is 0.308 e.